The van der Waals surface area contributed by atoms with Crippen LogP contribution in [0.3, 0.4) is 0 Å². The van der Waals surface area contributed by atoms with Crippen molar-refractivity contribution in [3.63, 3.8) is 0 Å². The fourth-order valence-corrected chi connectivity index (χ4v) is 1.73. The summed E-state index contributed by atoms with van der Waals surface area (Å²) in [5, 5.41) is 12.2. The van der Waals surface area contributed by atoms with Crippen LogP contribution in [0.4, 0.5) is 11.8 Å². The lowest BCUT2D eigenvalue weighted by atomic mass is 10.0. The van der Waals surface area contributed by atoms with Crippen LogP contribution < -0.4 is 16.6 Å². The first kappa shape index (κ1) is 11.1. The Balaban J connectivity index is 1.89. The summed E-state index contributed by atoms with van der Waals surface area (Å²) in [5.74, 6) is 6.38. The topological polar surface area (TPSA) is 96.1 Å². The molecule has 0 amide bonds. The Morgan fingerprint density at radius 3 is 2.94 bits per heavy atom. The number of nitrogens with zero attached hydrogens (tertiary/aromatic N) is 2. The average Bonchev–Trinajstić information content (AvgIpc) is 3.08. The molecular formula is C10H17N5O. The Kier molecular flexibility index (Phi) is 3.21. The van der Waals surface area contributed by atoms with Gasteiger partial charge in [0.25, 0.3) is 0 Å². The highest BCUT2D eigenvalue weighted by atomic mass is 16.3. The summed E-state index contributed by atoms with van der Waals surface area (Å²) in [7, 11) is 0. The normalized spacial score (nSPS) is 16.9. The number of nitrogens with one attached hydrogen (secondary N) is 2. The molecule has 1 aliphatic carbocycles. The minimum Gasteiger partial charge on any atom is -0.396 e. The fourth-order valence-electron chi connectivity index (χ4n) is 1.73. The van der Waals surface area contributed by atoms with E-state index in [9.17, 15) is 0 Å². The van der Waals surface area contributed by atoms with E-state index < -0.39 is 0 Å². The first-order valence-corrected chi connectivity index (χ1v) is 5.42. The average molecular weight is 223 g/mol. The van der Waals surface area contributed by atoms with Crippen LogP contribution in [0.25, 0.3) is 0 Å². The highest BCUT2D eigenvalue weighted by Gasteiger charge is 2.41. The predicted octanol–water partition coefficient (Wildman–Crippen LogP) is 0.337. The van der Waals surface area contributed by atoms with Gasteiger partial charge in [-0.05, 0) is 30.7 Å². The van der Waals surface area contributed by atoms with E-state index in [4.69, 9.17) is 10.9 Å². The van der Waals surface area contributed by atoms with Crippen molar-refractivity contribution in [3.05, 3.63) is 12.3 Å². The maximum atomic E-state index is 8.94. The molecule has 1 fully saturated rings. The van der Waals surface area contributed by atoms with Crippen LogP contribution in [0, 0.1) is 5.41 Å². The molecule has 1 aromatic heterocycles. The van der Waals surface area contributed by atoms with Gasteiger partial charge in [-0.15, -0.1) is 0 Å². The van der Waals surface area contributed by atoms with Crippen LogP contribution in [0.5, 0.6) is 0 Å². The number of hydrazine groups is 1. The number of aliphatic hydroxyl groups excluding tert-OH is 1. The maximum absolute atomic E-state index is 8.94. The summed E-state index contributed by atoms with van der Waals surface area (Å²) >= 11 is 0. The lowest BCUT2D eigenvalue weighted by molar-refractivity contribution is 0.253. The summed E-state index contributed by atoms with van der Waals surface area (Å²) in [6, 6.07) is 1.80. The lowest BCUT2D eigenvalue weighted by Gasteiger charge is -2.14. The summed E-state index contributed by atoms with van der Waals surface area (Å²) in [6.07, 6.45) is 4.85. The van der Waals surface area contributed by atoms with E-state index in [0.29, 0.717) is 5.95 Å². The molecule has 2 rings (SSSR count). The fraction of sp³-hybridized carbons (Fsp3) is 0.600. The molecule has 5 N–H and O–H groups in total. The van der Waals surface area contributed by atoms with Gasteiger partial charge in [0.05, 0.1) is 0 Å². The maximum Gasteiger partial charge on any atom is 0.239 e. The third kappa shape index (κ3) is 2.59. The van der Waals surface area contributed by atoms with Crippen molar-refractivity contribution in [2.45, 2.75) is 19.3 Å². The van der Waals surface area contributed by atoms with Gasteiger partial charge in [0.1, 0.15) is 5.82 Å². The predicted molar refractivity (Wildman–Crippen MR) is 61.7 cm³/mol. The molecule has 0 aliphatic heterocycles. The number of nitrogen functional groups attached to an aromatic ring is 1. The molecule has 0 saturated heterocycles. The molecule has 1 saturated carbocycles. The Labute approximate surface area is 94.3 Å². The van der Waals surface area contributed by atoms with Crippen molar-refractivity contribution in [1.82, 2.24) is 9.97 Å². The zero-order chi connectivity index (χ0) is 11.4. The second kappa shape index (κ2) is 4.63. The Morgan fingerprint density at radius 2 is 2.31 bits per heavy atom. The summed E-state index contributed by atoms with van der Waals surface area (Å²) in [6.45, 7) is 1.09. The van der Waals surface area contributed by atoms with E-state index in [0.717, 1.165) is 18.8 Å². The summed E-state index contributed by atoms with van der Waals surface area (Å²) in [5.41, 5.74) is 2.68. The Hall–Kier alpha value is -1.40. The minimum absolute atomic E-state index is 0.251. The standard InChI is InChI=1S/C10H17N5O/c11-15-9-12-5-1-8(14-9)13-7-10(2-3-10)4-6-16/h1,5,16H,2-4,6-7,11H2,(H2,12,13,14,15). The molecule has 16 heavy (non-hydrogen) atoms. The second-order valence-corrected chi connectivity index (χ2v) is 4.24. The van der Waals surface area contributed by atoms with E-state index in [-0.39, 0.29) is 12.0 Å². The van der Waals surface area contributed by atoms with Crippen LogP contribution >= 0.6 is 0 Å². The number of hydrogen-bond acceptors (Lipinski definition) is 6. The van der Waals surface area contributed by atoms with Gasteiger partial charge in [-0.1, -0.05) is 0 Å². The number of rotatable bonds is 6. The SMILES string of the molecule is NNc1nccc(NCC2(CCO)CC2)n1. The molecule has 6 heteroatoms. The third-order valence-electron chi connectivity index (χ3n) is 3.03. The number of anilines is 2. The van der Waals surface area contributed by atoms with Gasteiger partial charge in [0.15, 0.2) is 0 Å². The van der Waals surface area contributed by atoms with Crippen molar-refractivity contribution in [2.24, 2.45) is 11.3 Å². The molecule has 1 aliphatic rings. The van der Waals surface area contributed by atoms with Gasteiger partial charge < -0.3 is 10.4 Å². The molecule has 0 spiro atoms. The van der Waals surface area contributed by atoms with E-state index in [1.165, 1.54) is 12.8 Å². The van der Waals surface area contributed by atoms with E-state index in [2.05, 4.69) is 20.7 Å². The highest BCUT2D eigenvalue weighted by Crippen LogP contribution is 2.48. The van der Waals surface area contributed by atoms with Crippen molar-refractivity contribution in [2.75, 3.05) is 23.9 Å². The van der Waals surface area contributed by atoms with E-state index >= 15 is 0 Å². The Bertz CT molecular complexity index is 353. The van der Waals surface area contributed by atoms with Gasteiger partial charge in [0, 0.05) is 19.3 Å². The minimum atomic E-state index is 0.251. The van der Waals surface area contributed by atoms with Crippen LogP contribution in [0.15, 0.2) is 12.3 Å². The lowest BCUT2D eigenvalue weighted by Crippen LogP contribution is -2.18. The van der Waals surface area contributed by atoms with Crippen LogP contribution in [-0.4, -0.2) is 28.2 Å². The third-order valence-corrected chi connectivity index (χ3v) is 3.03. The number of aliphatic hydroxyl groups is 1. The van der Waals surface area contributed by atoms with Gasteiger partial charge >= 0.3 is 0 Å². The number of hydrogen-bond donors (Lipinski definition) is 4. The van der Waals surface area contributed by atoms with Crippen molar-refractivity contribution < 1.29 is 5.11 Å². The van der Waals surface area contributed by atoms with E-state index in [1.54, 1.807) is 12.3 Å². The second-order valence-electron chi connectivity index (χ2n) is 4.24. The zero-order valence-electron chi connectivity index (χ0n) is 9.11. The smallest absolute Gasteiger partial charge is 0.239 e. The van der Waals surface area contributed by atoms with Crippen molar-refractivity contribution in [1.29, 1.82) is 0 Å². The molecular weight excluding hydrogens is 206 g/mol. The largest absolute Gasteiger partial charge is 0.396 e. The number of nitrogens with two attached hydrogens (primary N) is 1. The van der Waals surface area contributed by atoms with Crippen LogP contribution in [0.2, 0.25) is 0 Å². The van der Waals surface area contributed by atoms with Gasteiger partial charge in [-0.3, -0.25) is 5.43 Å². The van der Waals surface area contributed by atoms with Gasteiger partial charge in [-0.25, -0.2) is 10.8 Å². The zero-order valence-corrected chi connectivity index (χ0v) is 9.11. The molecule has 88 valence electrons. The van der Waals surface area contributed by atoms with Crippen LogP contribution in [-0.2, 0) is 0 Å². The Morgan fingerprint density at radius 1 is 1.50 bits per heavy atom. The highest BCUT2D eigenvalue weighted by molar-refractivity contribution is 5.39. The molecule has 1 heterocycles. The summed E-state index contributed by atoms with van der Waals surface area (Å²) < 4.78 is 0. The quantitative estimate of drug-likeness (QED) is 0.410. The van der Waals surface area contributed by atoms with Crippen molar-refractivity contribution in [3.8, 4) is 0 Å². The molecule has 1 aromatic rings. The molecule has 0 radical (unpaired) electrons. The first-order chi connectivity index (χ1) is 7.78. The van der Waals surface area contributed by atoms with Crippen LogP contribution in [0.1, 0.15) is 19.3 Å². The van der Waals surface area contributed by atoms with Gasteiger partial charge in [-0.2, -0.15) is 4.98 Å². The van der Waals surface area contributed by atoms with E-state index in [1.807, 2.05) is 0 Å². The monoisotopic (exact) mass is 223 g/mol. The molecule has 6 nitrogen and oxygen atoms in total. The molecule has 0 bridgehead atoms. The number of aromatic nitrogens is 2. The summed E-state index contributed by atoms with van der Waals surface area (Å²) in [4.78, 5) is 8.09. The molecule has 0 atom stereocenters. The molecule has 0 aromatic carbocycles. The molecule has 0 unspecified atom stereocenters. The first-order valence-electron chi connectivity index (χ1n) is 5.42. The van der Waals surface area contributed by atoms with Crippen molar-refractivity contribution >= 4 is 11.8 Å². The van der Waals surface area contributed by atoms with Gasteiger partial charge in [0.2, 0.25) is 5.95 Å².